The smallest absolute Gasteiger partial charge is 0.125 e. The molecule has 2 aromatic carbocycles. The van der Waals surface area contributed by atoms with Crippen molar-refractivity contribution in [2.45, 2.75) is 18.9 Å². The van der Waals surface area contributed by atoms with E-state index in [0.717, 1.165) is 35.4 Å². The quantitative estimate of drug-likeness (QED) is 0.629. The zero-order valence-corrected chi connectivity index (χ0v) is 14.6. The van der Waals surface area contributed by atoms with Crippen LogP contribution in [-0.2, 0) is 0 Å². The molecule has 1 aliphatic rings. The summed E-state index contributed by atoms with van der Waals surface area (Å²) in [5.74, 6) is 0.986. The molecule has 0 aromatic heterocycles. The van der Waals surface area contributed by atoms with Gasteiger partial charge in [-0.3, -0.25) is 0 Å². The second-order valence-corrected chi connectivity index (χ2v) is 7.04. The molecule has 0 radical (unpaired) electrons. The van der Waals surface area contributed by atoms with Crippen LogP contribution in [0.25, 0.3) is 0 Å². The molecule has 1 N–H and O–H groups in total. The molecule has 1 aliphatic heterocycles. The van der Waals surface area contributed by atoms with Gasteiger partial charge in [-0.05, 0) is 65.8 Å². The summed E-state index contributed by atoms with van der Waals surface area (Å²) >= 11 is 5.85. The molecule has 0 bridgehead atoms. The molecule has 2 aromatic rings. The number of fused-ring (bicyclic) bond motifs is 1. The first-order valence-corrected chi connectivity index (χ1v) is 8.54. The number of rotatable bonds is 2. The average Bonchev–Trinajstić information content (AvgIpc) is 2.61. The van der Waals surface area contributed by atoms with E-state index in [9.17, 15) is 0 Å². The summed E-state index contributed by atoms with van der Waals surface area (Å²) in [4.78, 5) is 0. The fourth-order valence-corrected chi connectivity index (χ4v) is 3.36. The lowest BCUT2D eigenvalue weighted by atomic mass is 10.0. The Kier molecular flexibility index (Phi) is 4.51. The molecule has 0 saturated carbocycles. The first-order valence-electron chi connectivity index (χ1n) is 6.67. The van der Waals surface area contributed by atoms with Gasteiger partial charge in [0.05, 0.1) is 12.6 Å². The molecule has 0 fully saturated rings. The van der Waals surface area contributed by atoms with Crippen LogP contribution in [0.1, 0.15) is 24.4 Å². The van der Waals surface area contributed by atoms with Crippen LogP contribution in [0.15, 0.2) is 46.9 Å². The van der Waals surface area contributed by atoms with Gasteiger partial charge in [-0.2, -0.15) is 0 Å². The third kappa shape index (κ3) is 3.28. The molecule has 0 amide bonds. The number of ether oxygens (including phenoxy) is 1. The fourth-order valence-electron chi connectivity index (χ4n) is 2.48. The van der Waals surface area contributed by atoms with Crippen molar-refractivity contribution >= 4 is 44.2 Å². The van der Waals surface area contributed by atoms with E-state index < -0.39 is 0 Å². The third-order valence-corrected chi connectivity index (χ3v) is 4.58. The number of hydrogen-bond donors (Lipinski definition) is 1. The minimum Gasteiger partial charge on any atom is -0.493 e. The Morgan fingerprint density at radius 3 is 2.95 bits per heavy atom. The van der Waals surface area contributed by atoms with Crippen molar-refractivity contribution < 1.29 is 4.74 Å². The van der Waals surface area contributed by atoms with E-state index in [2.05, 4.69) is 86.3 Å². The molecule has 1 heterocycles. The van der Waals surface area contributed by atoms with Crippen LogP contribution in [-0.4, -0.2) is 6.61 Å². The number of nitrogens with one attached hydrogen (secondary N) is 1. The molecular weight excluding hydrogens is 429 g/mol. The minimum atomic E-state index is 0.304. The van der Waals surface area contributed by atoms with Gasteiger partial charge in [0, 0.05) is 19.3 Å². The second kappa shape index (κ2) is 6.35. The normalized spacial score (nSPS) is 17.8. The van der Waals surface area contributed by atoms with Crippen molar-refractivity contribution in [1.29, 1.82) is 0 Å². The second-order valence-electron chi connectivity index (χ2n) is 4.88. The van der Waals surface area contributed by atoms with Crippen molar-refractivity contribution in [2.75, 3.05) is 11.9 Å². The third-order valence-electron chi connectivity index (χ3n) is 3.41. The maximum absolute atomic E-state index is 5.85. The van der Waals surface area contributed by atoms with E-state index in [1.807, 2.05) is 0 Å². The van der Waals surface area contributed by atoms with Gasteiger partial charge in [-0.15, -0.1) is 0 Å². The first kappa shape index (κ1) is 14.2. The van der Waals surface area contributed by atoms with Gasteiger partial charge in [-0.25, -0.2) is 0 Å². The zero-order chi connectivity index (χ0) is 13.9. The predicted octanol–water partition coefficient (Wildman–Crippen LogP) is 5.38. The van der Waals surface area contributed by atoms with Gasteiger partial charge in [-0.1, -0.05) is 28.1 Å². The van der Waals surface area contributed by atoms with Crippen LogP contribution in [0.4, 0.5) is 5.69 Å². The maximum atomic E-state index is 5.85. The molecule has 1 atom stereocenters. The topological polar surface area (TPSA) is 21.3 Å². The van der Waals surface area contributed by atoms with Crippen LogP contribution in [0.5, 0.6) is 5.75 Å². The Morgan fingerprint density at radius 1 is 1.20 bits per heavy atom. The zero-order valence-electron chi connectivity index (χ0n) is 10.9. The monoisotopic (exact) mass is 443 g/mol. The number of halogens is 2. The summed E-state index contributed by atoms with van der Waals surface area (Å²) in [6.07, 6.45) is 2.15. The van der Waals surface area contributed by atoms with Crippen LogP contribution >= 0.6 is 38.5 Å². The molecule has 4 heteroatoms. The van der Waals surface area contributed by atoms with Gasteiger partial charge < -0.3 is 10.1 Å². The minimum absolute atomic E-state index is 0.304. The Bertz CT molecular complexity index is 617. The van der Waals surface area contributed by atoms with Crippen LogP contribution in [0.2, 0.25) is 0 Å². The Hall–Kier alpha value is -0.750. The first-order chi connectivity index (χ1) is 9.72. The van der Waals surface area contributed by atoms with Gasteiger partial charge in [0.2, 0.25) is 0 Å². The predicted molar refractivity (Wildman–Crippen MR) is 94.4 cm³/mol. The van der Waals surface area contributed by atoms with Crippen LogP contribution < -0.4 is 10.1 Å². The van der Waals surface area contributed by atoms with Gasteiger partial charge in [0.15, 0.2) is 0 Å². The Balaban J connectivity index is 1.90. The van der Waals surface area contributed by atoms with E-state index in [1.165, 1.54) is 9.13 Å². The van der Waals surface area contributed by atoms with Crippen LogP contribution in [0, 0.1) is 3.57 Å². The van der Waals surface area contributed by atoms with Crippen molar-refractivity contribution in [3.05, 3.63) is 56.1 Å². The lowest BCUT2D eigenvalue weighted by molar-refractivity contribution is 0.316. The summed E-state index contributed by atoms with van der Waals surface area (Å²) in [6.45, 7) is 0.786. The summed E-state index contributed by atoms with van der Waals surface area (Å²) in [5.41, 5.74) is 2.40. The molecular formula is C16H15BrINO. The lowest BCUT2D eigenvalue weighted by Gasteiger charge is -2.20. The standard InChI is InChI=1S/C16H15BrINO/c17-11-6-7-14-15(5-2-8-20-16(14)9-11)19-13-4-1-3-12(18)10-13/h1,3-4,6-7,9-10,15,19H,2,5,8H2. The van der Waals surface area contributed by atoms with Crippen molar-refractivity contribution in [3.63, 3.8) is 0 Å². The van der Waals surface area contributed by atoms with E-state index in [-0.39, 0.29) is 0 Å². The molecule has 0 saturated heterocycles. The summed E-state index contributed by atoms with van der Waals surface area (Å²) in [6, 6.07) is 15.1. The highest BCUT2D eigenvalue weighted by Gasteiger charge is 2.19. The largest absolute Gasteiger partial charge is 0.493 e. The highest BCUT2D eigenvalue weighted by atomic mass is 127. The molecule has 2 nitrogen and oxygen atoms in total. The highest BCUT2D eigenvalue weighted by molar-refractivity contribution is 14.1. The number of anilines is 1. The average molecular weight is 444 g/mol. The molecule has 104 valence electrons. The summed E-state index contributed by atoms with van der Waals surface area (Å²) in [7, 11) is 0. The molecule has 0 aliphatic carbocycles. The van der Waals surface area contributed by atoms with Crippen molar-refractivity contribution in [1.82, 2.24) is 0 Å². The molecule has 3 rings (SSSR count). The molecule has 20 heavy (non-hydrogen) atoms. The molecule has 1 unspecified atom stereocenters. The highest BCUT2D eigenvalue weighted by Crippen LogP contribution is 2.35. The molecule has 0 spiro atoms. The van der Waals surface area contributed by atoms with E-state index in [0.29, 0.717) is 6.04 Å². The van der Waals surface area contributed by atoms with Crippen LogP contribution in [0.3, 0.4) is 0 Å². The van der Waals surface area contributed by atoms with Crippen molar-refractivity contribution in [2.24, 2.45) is 0 Å². The summed E-state index contributed by atoms with van der Waals surface area (Å²) in [5, 5.41) is 3.64. The van der Waals surface area contributed by atoms with Gasteiger partial charge in [0.1, 0.15) is 5.75 Å². The summed E-state index contributed by atoms with van der Waals surface area (Å²) < 4.78 is 8.15. The number of hydrogen-bond acceptors (Lipinski definition) is 2. The van der Waals surface area contributed by atoms with Gasteiger partial charge in [0.25, 0.3) is 0 Å². The van der Waals surface area contributed by atoms with Crippen molar-refractivity contribution in [3.8, 4) is 5.75 Å². The van der Waals surface area contributed by atoms with E-state index >= 15 is 0 Å². The Labute approximate surface area is 141 Å². The van der Waals surface area contributed by atoms with E-state index in [1.54, 1.807) is 0 Å². The van der Waals surface area contributed by atoms with Gasteiger partial charge >= 0.3 is 0 Å². The Morgan fingerprint density at radius 2 is 2.10 bits per heavy atom. The maximum Gasteiger partial charge on any atom is 0.125 e. The SMILES string of the molecule is Brc1ccc2c(c1)OCCCC2Nc1cccc(I)c1. The van der Waals surface area contributed by atoms with E-state index in [4.69, 9.17) is 4.74 Å². The lowest BCUT2D eigenvalue weighted by Crippen LogP contribution is -2.10. The fraction of sp³-hybridized carbons (Fsp3) is 0.250. The number of benzene rings is 2.